The van der Waals surface area contributed by atoms with Gasteiger partial charge in [0.15, 0.2) is 0 Å². The maximum atomic E-state index is 13.2. The lowest BCUT2D eigenvalue weighted by atomic mass is 9.75. The second kappa shape index (κ2) is 11.3. The molecule has 5 nitrogen and oxygen atoms in total. The average Bonchev–Trinajstić information content (AvgIpc) is 2.77. The minimum Gasteiger partial charge on any atom is -0.475 e. The number of amides is 1. The number of hydrogen-bond acceptors (Lipinski definition) is 3. The maximum absolute atomic E-state index is 13.2. The molecule has 1 saturated carbocycles. The third kappa shape index (κ3) is 8.85. The number of primary amides is 1. The monoisotopic (exact) mass is 518 g/mol. The molecule has 198 valence electrons. The molecule has 2 aromatic carbocycles. The summed E-state index contributed by atoms with van der Waals surface area (Å²) >= 11 is 0. The molecule has 0 saturated heterocycles. The molecule has 36 heavy (non-hydrogen) atoms. The van der Waals surface area contributed by atoms with Crippen LogP contribution in [0.25, 0.3) is 11.1 Å². The van der Waals surface area contributed by atoms with Crippen LogP contribution < -0.4 is 11.1 Å². The first-order valence-electron chi connectivity index (χ1n) is 11.1. The predicted molar refractivity (Wildman–Crippen MR) is 122 cm³/mol. The fourth-order valence-corrected chi connectivity index (χ4v) is 3.78. The first-order chi connectivity index (χ1) is 16.5. The molecule has 0 atom stereocenters. The van der Waals surface area contributed by atoms with E-state index in [0.29, 0.717) is 22.6 Å². The Bertz CT molecular complexity index is 1050. The van der Waals surface area contributed by atoms with Crippen molar-refractivity contribution >= 4 is 11.9 Å². The normalized spacial score (nSPS) is 16.1. The highest BCUT2D eigenvalue weighted by molar-refractivity contribution is 5.94. The summed E-state index contributed by atoms with van der Waals surface area (Å²) in [5.74, 6) is -3.64. The molecule has 2 aromatic rings. The van der Waals surface area contributed by atoms with Gasteiger partial charge in [0.1, 0.15) is 0 Å². The summed E-state index contributed by atoms with van der Waals surface area (Å²) < 4.78 is 71.2. The average molecular weight is 518 g/mol. The van der Waals surface area contributed by atoms with E-state index in [1.165, 1.54) is 18.9 Å². The van der Waals surface area contributed by atoms with Gasteiger partial charge < -0.3 is 16.2 Å². The van der Waals surface area contributed by atoms with Crippen molar-refractivity contribution in [1.29, 1.82) is 0 Å². The van der Waals surface area contributed by atoms with E-state index in [1.54, 1.807) is 12.1 Å². The summed E-state index contributed by atoms with van der Waals surface area (Å²) in [4.78, 5) is 20.3. The van der Waals surface area contributed by atoms with Crippen LogP contribution in [0.2, 0.25) is 0 Å². The summed E-state index contributed by atoms with van der Waals surface area (Å²) in [5, 5.41) is 10.7. The van der Waals surface area contributed by atoms with Gasteiger partial charge in [-0.15, -0.1) is 0 Å². The van der Waals surface area contributed by atoms with E-state index in [0.717, 1.165) is 37.1 Å². The van der Waals surface area contributed by atoms with Crippen molar-refractivity contribution in [1.82, 2.24) is 5.32 Å². The molecule has 1 aliphatic carbocycles. The van der Waals surface area contributed by atoms with Crippen molar-refractivity contribution in [2.24, 2.45) is 11.1 Å². The fourth-order valence-electron chi connectivity index (χ4n) is 3.78. The topological polar surface area (TPSA) is 92.4 Å². The highest BCUT2D eigenvalue weighted by Crippen LogP contribution is 2.35. The van der Waals surface area contributed by atoms with Crippen LogP contribution in [0.4, 0.5) is 26.3 Å². The predicted octanol–water partition coefficient (Wildman–Crippen LogP) is 6.16. The zero-order valence-corrected chi connectivity index (χ0v) is 19.8. The van der Waals surface area contributed by atoms with Gasteiger partial charge in [-0.05, 0) is 66.0 Å². The summed E-state index contributed by atoms with van der Waals surface area (Å²) in [6.07, 6.45) is -4.89. The lowest BCUT2D eigenvalue weighted by Gasteiger charge is -2.34. The van der Waals surface area contributed by atoms with Crippen LogP contribution in [0.5, 0.6) is 0 Å². The molecule has 4 N–H and O–H groups in total. The summed E-state index contributed by atoms with van der Waals surface area (Å²) in [6.45, 7) is 5.33. The van der Waals surface area contributed by atoms with E-state index in [9.17, 15) is 31.1 Å². The Hall–Kier alpha value is -3.08. The molecule has 0 bridgehead atoms. The SMILES string of the molecule is CC1(C)CCC(NCc2ccc(-c3cc(C(N)=O)cc(C(F)(F)F)c3)cc2)CC1.O=C(O)C(F)(F)F. The van der Waals surface area contributed by atoms with Crippen LogP contribution in [0.15, 0.2) is 42.5 Å². The largest absolute Gasteiger partial charge is 0.490 e. The highest BCUT2D eigenvalue weighted by Gasteiger charge is 2.38. The second-order valence-electron chi connectivity index (χ2n) is 9.48. The van der Waals surface area contributed by atoms with Crippen LogP contribution in [-0.2, 0) is 17.5 Å². The molecule has 1 fully saturated rings. The minimum absolute atomic E-state index is 0.152. The van der Waals surface area contributed by atoms with Crippen LogP contribution >= 0.6 is 0 Å². The molecule has 0 aliphatic heterocycles. The first kappa shape index (κ1) is 29.2. The van der Waals surface area contributed by atoms with Crippen molar-refractivity contribution in [3.05, 3.63) is 59.2 Å². The summed E-state index contributed by atoms with van der Waals surface area (Å²) in [5.41, 5.74) is 6.61. The van der Waals surface area contributed by atoms with Gasteiger partial charge in [0.25, 0.3) is 0 Å². The van der Waals surface area contributed by atoms with E-state index in [-0.39, 0.29) is 5.56 Å². The molecule has 1 aliphatic rings. The Balaban J connectivity index is 0.000000572. The van der Waals surface area contributed by atoms with Crippen LogP contribution in [0, 0.1) is 5.41 Å². The third-order valence-electron chi connectivity index (χ3n) is 6.01. The molecule has 0 heterocycles. The second-order valence-corrected chi connectivity index (χ2v) is 9.48. The standard InChI is InChI=1S/C23H27F3N2O.C2HF3O2/c1-22(2)9-7-20(8-10-22)28-14-15-3-5-16(6-4-15)17-11-18(21(27)29)13-19(12-17)23(24,25)26;3-2(4,5)1(6)7/h3-6,11-13,20,28H,7-10,14H2,1-2H3,(H2,27,29);(H,6,7). The Kier molecular flexibility index (Phi) is 9.17. The lowest BCUT2D eigenvalue weighted by molar-refractivity contribution is -0.192. The first-order valence-corrected chi connectivity index (χ1v) is 11.1. The number of rotatable bonds is 5. The van der Waals surface area contributed by atoms with Gasteiger partial charge >= 0.3 is 18.3 Å². The van der Waals surface area contributed by atoms with E-state index >= 15 is 0 Å². The number of aliphatic carboxylic acids is 1. The number of nitrogens with one attached hydrogen (secondary N) is 1. The number of benzene rings is 2. The van der Waals surface area contributed by atoms with Crippen LogP contribution in [0.3, 0.4) is 0 Å². The molecule has 0 radical (unpaired) electrons. The van der Waals surface area contributed by atoms with Crippen LogP contribution in [-0.4, -0.2) is 29.2 Å². The maximum Gasteiger partial charge on any atom is 0.490 e. The van der Waals surface area contributed by atoms with Gasteiger partial charge in [-0.2, -0.15) is 26.3 Å². The van der Waals surface area contributed by atoms with E-state index in [1.807, 2.05) is 12.1 Å². The van der Waals surface area contributed by atoms with Crippen molar-refractivity contribution in [3.63, 3.8) is 0 Å². The molecular formula is C25H28F6N2O3. The number of hydrogen-bond donors (Lipinski definition) is 3. The Morgan fingerprint density at radius 3 is 1.94 bits per heavy atom. The molecule has 3 rings (SSSR count). The Labute approximate surface area is 204 Å². The Morgan fingerprint density at radius 1 is 0.972 bits per heavy atom. The number of alkyl halides is 6. The van der Waals surface area contributed by atoms with Gasteiger partial charge in [0.2, 0.25) is 5.91 Å². The molecule has 0 unspecified atom stereocenters. The number of carboxylic acid groups (broad SMARTS) is 1. The van der Waals surface area contributed by atoms with Crippen LogP contribution in [0.1, 0.15) is 61.0 Å². The summed E-state index contributed by atoms with van der Waals surface area (Å²) in [7, 11) is 0. The number of carbonyl (C=O) groups is 2. The van der Waals surface area contributed by atoms with Crippen molar-refractivity contribution in [2.45, 2.75) is 64.5 Å². The zero-order chi connectivity index (χ0) is 27.3. The van der Waals surface area contributed by atoms with Gasteiger partial charge in [-0.3, -0.25) is 4.79 Å². The number of halogens is 6. The Morgan fingerprint density at radius 2 is 1.50 bits per heavy atom. The number of carboxylic acids is 1. The third-order valence-corrected chi connectivity index (χ3v) is 6.01. The molecular weight excluding hydrogens is 490 g/mol. The van der Waals surface area contributed by atoms with Crippen molar-refractivity contribution in [3.8, 4) is 11.1 Å². The van der Waals surface area contributed by atoms with Crippen molar-refractivity contribution in [2.75, 3.05) is 0 Å². The van der Waals surface area contributed by atoms with E-state index in [4.69, 9.17) is 15.6 Å². The lowest BCUT2D eigenvalue weighted by Crippen LogP contribution is -2.35. The molecule has 0 spiro atoms. The zero-order valence-electron chi connectivity index (χ0n) is 19.8. The smallest absolute Gasteiger partial charge is 0.475 e. The molecule has 11 heteroatoms. The minimum atomic E-state index is -5.08. The van der Waals surface area contributed by atoms with E-state index < -0.39 is 29.8 Å². The summed E-state index contributed by atoms with van der Waals surface area (Å²) in [6, 6.07) is 11.1. The van der Waals surface area contributed by atoms with E-state index in [2.05, 4.69) is 19.2 Å². The fraction of sp³-hybridized carbons (Fsp3) is 0.440. The van der Waals surface area contributed by atoms with Gasteiger partial charge in [0.05, 0.1) is 5.56 Å². The molecule has 1 amide bonds. The quantitative estimate of drug-likeness (QED) is 0.413. The molecule has 0 aromatic heterocycles. The van der Waals surface area contributed by atoms with Gasteiger partial charge in [-0.25, -0.2) is 4.79 Å². The number of nitrogens with two attached hydrogens (primary N) is 1. The van der Waals surface area contributed by atoms with Gasteiger partial charge in [0, 0.05) is 18.2 Å². The number of carbonyl (C=O) groups excluding carboxylic acids is 1. The van der Waals surface area contributed by atoms with Crippen molar-refractivity contribution < 1.29 is 41.0 Å². The highest BCUT2D eigenvalue weighted by atomic mass is 19.4. The van der Waals surface area contributed by atoms with Gasteiger partial charge in [-0.1, -0.05) is 38.1 Å².